The summed E-state index contributed by atoms with van der Waals surface area (Å²) >= 11 is 11.5. The van der Waals surface area contributed by atoms with Gasteiger partial charge in [-0.3, -0.25) is 9.80 Å². The summed E-state index contributed by atoms with van der Waals surface area (Å²) in [4.78, 5) is 15.6. The zero-order chi connectivity index (χ0) is 15.8. The van der Waals surface area contributed by atoms with Crippen LogP contribution in [0, 0.1) is 0 Å². The summed E-state index contributed by atoms with van der Waals surface area (Å²) in [6.45, 7) is 4.26. The maximum absolute atomic E-state index is 11.6. The monoisotopic (exact) mass is 356 g/mol. The Morgan fingerprint density at radius 1 is 0.955 bits per heavy atom. The largest absolute Gasteiger partial charge is 0.510 e. The molecular weight excluding hydrogens is 335 g/mol. The van der Waals surface area contributed by atoms with E-state index in [0.717, 1.165) is 0 Å². The summed E-state index contributed by atoms with van der Waals surface area (Å²) in [6.07, 6.45) is -0.713. The van der Waals surface area contributed by atoms with Crippen molar-refractivity contribution in [2.24, 2.45) is 0 Å². The fourth-order valence-corrected chi connectivity index (χ4v) is 2.69. The van der Waals surface area contributed by atoms with E-state index in [1.807, 2.05) is 9.80 Å². The van der Waals surface area contributed by atoms with E-state index in [4.69, 9.17) is 42.1 Å². The van der Waals surface area contributed by atoms with Crippen LogP contribution in [0.4, 0.5) is 4.79 Å². The van der Waals surface area contributed by atoms with Crippen LogP contribution < -0.4 is 0 Å². The Bertz CT molecular complexity index is 320. The average Bonchev–Trinajstić information content (AvgIpc) is 2.58. The molecule has 0 amide bonds. The molecule has 2 saturated heterocycles. The molecule has 2 heterocycles. The highest BCUT2D eigenvalue weighted by atomic mass is 35.5. The Balaban J connectivity index is 1.59. The summed E-state index contributed by atoms with van der Waals surface area (Å²) in [5.41, 5.74) is 0. The molecule has 0 aliphatic carbocycles. The van der Waals surface area contributed by atoms with Crippen LogP contribution >= 0.6 is 23.2 Å². The van der Waals surface area contributed by atoms with E-state index in [-0.39, 0.29) is 25.7 Å². The Labute approximate surface area is 140 Å². The van der Waals surface area contributed by atoms with E-state index in [0.29, 0.717) is 51.2 Å². The first-order valence-corrected chi connectivity index (χ1v) is 8.37. The molecule has 0 radical (unpaired) electrons. The van der Waals surface area contributed by atoms with Gasteiger partial charge in [0.05, 0.1) is 25.4 Å². The highest BCUT2D eigenvalue weighted by Crippen LogP contribution is 2.08. The molecule has 0 N–H and O–H groups in total. The second kappa shape index (κ2) is 9.75. The zero-order valence-corrected chi connectivity index (χ0v) is 13.9. The van der Waals surface area contributed by atoms with Gasteiger partial charge in [0.1, 0.15) is 13.5 Å². The molecule has 22 heavy (non-hydrogen) atoms. The number of ether oxygens (including phenoxy) is 4. The minimum atomic E-state index is -0.678. The molecule has 0 aromatic rings. The lowest BCUT2D eigenvalue weighted by atomic mass is 10.3. The molecular formula is C13H22Cl2N2O5. The third-order valence-electron chi connectivity index (χ3n) is 3.52. The first kappa shape index (κ1) is 18.0. The number of hydrogen-bond donors (Lipinski definition) is 0. The van der Waals surface area contributed by atoms with Gasteiger partial charge in [-0.25, -0.2) is 4.79 Å². The van der Waals surface area contributed by atoms with E-state index >= 15 is 0 Å². The first-order valence-electron chi connectivity index (χ1n) is 7.30. The van der Waals surface area contributed by atoms with Gasteiger partial charge in [-0.1, -0.05) is 0 Å². The van der Waals surface area contributed by atoms with Gasteiger partial charge >= 0.3 is 6.16 Å². The van der Waals surface area contributed by atoms with Crippen LogP contribution in [0.25, 0.3) is 0 Å². The maximum atomic E-state index is 11.6. The molecule has 2 unspecified atom stereocenters. The van der Waals surface area contributed by atoms with Gasteiger partial charge < -0.3 is 18.9 Å². The number of alkyl halides is 2. The smallest absolute Gasteiger partial charge is 0.418 e. The van der Waals surface area contributed by atoms with Crippen LogP contribution in [-0.4, -0.2) is 92.8 Å². The normalized spacial score (nSPS) is 27.5. The Morgan fingerprint density at radius 3 is 1.82 bits per heavy atom. The minimum absolute atomic E-state index is 0.0177. The van der Waals surface area contributed by atoms with E-state index in [2.05, 4.69) is 0 Å². The van der Waals surface area contributed by atoms with E-state index in [9.17, 15) is 4.79 Å². The number of rotatable bonds is 6. The standard InChI is InChI=1S/C13H22Cl2N2O5/c14-5-11-7-16(1-3-19-11)9-21-13(18)22-10-17-2-4-20-12(6-15)8-17/h11-12H,1-10H2. The van der Waals surface area contributed by atoms with Gasteiger partial charge in [-0.05, 0) is 0 Å². The molecule has 0 spiro atoms. The number of nitrogens with zero attached hydrogens (tertiary/aromatic N) is 2. The summed E-state index contributed by atoms with van der Waals surface area (Å²) < 4.78 is 21.1. The second-order valence-electron chi connectivity index (χ2n) is 5.25. The van der Waals surface area contributed by atoms with Gasteiger partial charge in [0.2, 0.25) is 0 Å². The van der Waals surface area contributed by atoms with Gasteiger partial charge in [-0.2, -0.15) is 0 Å². The van der Waals surface area contributed by atoms with Crippen LogP contribution in [-0.2, 0) is 18.9 Å². The topological polar surface area (TPSA) is 60.5 Å². The highest BCUT2D eigenvalue weighted by molar-refractivity contribution is 6.18. The predicted molar refractivity (Wildman–Crippen MR) is 81.4 cm³/mol. The SMILES string of the molecule is O=C(OCN1CCOC(CCl)C1)OCN1CCOC(CCl)C1. The molecule has 2 fully saturated rings. The third-order valence-corrected chi connectivity index (χ3v) is 4.21. The number of hydrogen-bond acceptors (Lipinski definition) is 7. The van der Waals surface area contributed by atoms with Crippen molar-refractivity contribution in [2.75, 3.05) is 64.6 Å². The fourth-order valence-electron chi connectivity index (χ4n) is 2.31. The molecule has 2 rings (SSSR count). The van der Waals surface area contributed by atoms with Crippen LogP contribution in [0.1, 0.15) is 0 Å². The summed E-state index contributed by atoms with van der Waals surface area (Å²) in [5.74, 6) is 0.861. The summed E-state index contributed by atoms with van der Waals surface area (Å²) in [6, 6.07) is 0. The van der Waals surface area contributed by atoms with Gasteiger partial charge in [0.25, 0.3) is 0 Å². The highest BCUT2D eigenvalue weighted by Gasteiger charge is 2.22. The van der Waals surface area contributed by atoms with Crippen molar-refractivity contribution >= 4 is 29.4 Å². The lowest BCUT2D eigenvalue weighted by Crippen LogP contribution is -2.45. The molecule has 2 aliphatic rings. The number of carbonyl (C=O) groups is 1. The zero-order valence-electron chi connectivity index (χ0n) is 12.4. The number of halogens is 2. The predicted octanol–water partition coefficient (Wildman–Crippen LogP) is 0.934. The second-order valence-corrected chi connectivity index (χ2v) is 5.86. The number of carbonyl (C=O) groups excluding carboxylic acids is 1. The van der Waals surface area contributed by atoms with Gasteiger partial charge in [0, 0.05) is 37.9 Å². The van der Waals surface area contributed by atoms with Crippen LogP contribution in [0.15, 0.2) is 0 Å². The Kier molecular flexibility index (Phi) is 7.99. The molecule has 0 aromatic carbocycles. The maximum Gasteiger partial charge on any atom is 0.510 e. The van der Waals surface area contributed by atoms with E-state index in [1.165, 1.54) is 0 Å². The van der Waals surface area contributed by atoms with Crippen LogP contribution in [0.3, 0.4) is 0 Å². The van der Waals surface area contributed by atoms with Crippen molar-refractivity contribution < 1.29 is 23.7 Å². The quantitative estimate of drug-likeness (QED) is 0.518. The lowest BCUT2D eigenvalue weighted by molar-refractivity contribution is -0.0776. The van der Waals surface area contributed by atoms with Crippen LogP contribution in [0.2, 0.25) is 0 Å². The lowest BCUT2D eigenvalue weighted by Gasteiger charge is -2.32. The first-order chi connectivity index (χ1) is 10.7. The summed E-state index contributed by atoms with van der Waals surface area (Å²) in [5, 5.41) is 0. The third kappa shape index (κ3) is 6.06. The van der Waals surface area contributed by atoms with Crippen molar-refractivity contribution in [3.8, 4) is 0 Å². The van der Waals surface area contributed by atoms with Crippen molar-refractivity contribution in [1.82, 2.24) is 9.80 Å². The molecule has 2 atom stereocenters. The molecule has 2 aliphatic heterocycles. The van der Waals surface area contributed by atoms with Crippen molar-refractivity contribution in [3.05, 3.63) is 0 Å². The van der Waals surface area contributed by atoms with Gasteiger partial charge in [0.15, 0.2) is 0 Å². The van der Waals surface area contributed by atoms with E-state index in [1.54, 1.807) is 0 Å². The molecule has 0 aromatic heterocycles. The Hall–Kier alpha value is -0.310. The minimum Gasteiger partial charge on any atom is -0.418 e. The van der Waals surface area contributed by atoms with Crippen molar-refractivity contribution in [2.45, 2.75) is 12.2 Å². The molecule has 128 valence electrons. The fraction of sp³-hybridized carbons (Fsp3) is 0.923. The average molecular weight is 357 g/mol. The van der Waals surface area contributed by atoms with E-state index < -0.39 is 6.16 Å². The summed E-state index contributed by atoms with van der Waals surface area (Å²) in [7, 11) is 0. The molecule has 9 heteroatoms. The molecule has 0 saturated carbocycles. The van der Waals surface area contributed by atoms with Crippen LogP contribution in [0.5, 0.6) is 0 Å². The molecule has 7 nitrogen and oxygen atoms in total. The molecule has 0 bridgehead atoms. The van der Waals surface area contributed by atoms with Crippen molar-refractivity contribution in [1.29, 1.82) is 0 Å². The number of morpholine rings is 2. The van der Waals surface area contributed by atoms with Crippen molar-refractivity contribution in [3.63, 3.8) is 0 Å². The Morgan fingerprint density at radius 2 is 1.41 bits per heavy atom. The van der Waals surface area contributed by atoms with Gasteiger partial charge in [-0.15, -0.1) is 23.2 Å².